The van der Waals surface area contributed by atoms with Crippen molar-refractivity contribution in [2.24, 2.45) is 0 Å². The molecule has 2 aromatic heterocycles. The first-order valence-electron chi connectivity index (χ1n) is 8.35. The molecule has 4 N–H and O–H groups in total. The van der Waals surface area contributed by atoms with E-state index in [4.69, 9.17) is 4.74 Å². The molecule has 140 valence electrons. The molecule has 0 radical (unpaired) electrons. The SMILES string of the molecule is CCOC(=O)Nc1c[nH]c2ncc(Br)c(N(C(=O)O)C3CCCNC3)c12. The van der Waals surface area contributed by atoms with E-state index in [0.717, 1.165) is 19.4 Å². The Hall–Kier alpha value is -2.33. The van der Waals surface area contributed by atoms with Crippen LogP contribution in [0.5, 0.6) is 0 Å². The van der Waals surface area contributed by atoms with Gasteiger partial charge >= 0.3 is 12.2 Å². The third kappa shape index (κ3) is 3.61. The van der Waals surface area contributed by atoms with Crippen molar-refractivity contribution in [1.29, 1.82) is 0 Å². The van der Waals surface area contributed by atoms with E-state index >= 15 is 0 Å². The number of carboxylic acid groups (broad SMARTS) is 1. The Morgan fingerprint density at radius 1 is 1.54 bits per heavy atom. The van der Waals surface area contributed by atoms with E-state index in [1.807, 2.05) is 0 Å². The number of nitrogens with one attached hydrogen (secondary N) is 3. The molecule has 0 aliphatic carbocycles. The lowest BCUT2D eigenvalue weighted by Crippen LogP contribution is -2.48. The number of carbonyl (C=O) groups is 2. The van der Waals surface area contributed by atoms with Gasteiger partial charge in [0, 0.05) is 18.9 Å². The maximum atomic E-state index is 12.1. The van der Waals surface area contributed by atoms with E-state index < -0.39 is 12.2 Å². The third-order valence-electron chi connectivity index (χ3n) is 4.22. The average Bonchev–Trinajstić information content (AvgIpc) is 3.01. The van der Waals surface area contributed by atoms with Crippen molar-refractivity contribution < 1.29 is 19.4 Å². The Morgan fingerprint density at radius 2 is 2.35 bits per heavy atom. The summed E-state index contributed by atoms with van der Waals surface area (Å²) in [4.78, 5) is 32.5. The van der Waals surface area contributed by atoms with Gasteiger partial charge in [-0.15, -0.1) is 0 Å². The van der Waals surface area contributed by atoms with E-state index in [1.54, 1.807) is 19.3 Å². The number of hydrogen-bond acceptors (Lipinski definition) is 5. The van der Waals surface area contributed by atoms with Gasteiger partial charge < -0.3 is 20.1 Å². The second-order valence-corrected chi connectivity index (χ2v) is 6.73. The van der Waals surface area contributed by atoms with Gasteiger partial charge in [0.25, 0.3) is 0 Å². The molecule has 1 fully saturated rings. The number of H-pyrrole nitrogens is 1. The lowest BCUT2D eigenvalue weighted by atomic mass is 10.0. The normalized spacial score (nSPS) is 17.1. The smallest absolute Gasteiger partial charge is 0.412 e. The maximum absolute atomic E-state index is 12.1. The molecule has 1 saturated heterocycles. The summed E-state index contributed by atoms with van der Waals surface area (Å²) in [7, 11) is 0. The number of fused-ring (bicyclic) bond motifs is 1. The number of ether oxygens (including phenoxy) is 1. The van der Waals surface area contributed by atoms with Gasteiger partial charge in [-0.05, 0) is 42.2 Å². The molecule has 1 unspecified atom stereocenters. The lowest BCUT2D eigenvalue weighted by molar-refractivity contribution is 0.168. The van der Waals surface area contributed by atoms with Crippen molar-refractivity contribution >= 4 is 50.5 Å². The van der Waals surface area contributed by atoms with Crippen LogP contribution in [0.2, 0.25) is 0 Å². The molecular weight excluding hydrogens is 406 g/mol. The number of nitrogens with zero attached hydrogens (tertiary/aromatic N) is 2. The highest BCUT2D eigenvalue weighted by atomic mass is 79.9. The predicted octanol–water partition coefficient (Wildman–Crippen LogP) is 3.13. The number of aromatic nitrogens is 2. The van der Waals surface area contributed by atoms with Gasteiger partial charge in [-0.3, -0.25) is 10.2 Å². The molecule has 0 aromatic carbocycles. The first-order chi connectivity index (χ1) is 12.5. The van der Waals surface area contributed by atoms with Gasteiger partial charge in [-0.1, -0.05) is 0 Å². The minimum atomic E-state index is -1.06. The molecule has 0 spiro atoms. The first kappa shape index (κ1) is 18.5. The summed E-state index contributed by atoms with van der Waals surface area (Å²) in [6.45, 7) is 3.38. The summed E-state index contributed by atoms with van der Waals surface area (Å²) in [5.41, 5.74) is 1.34. The van der Waals surface area contributed by atoms with Gasteiger partial charge in [-0.25, -0.2) is 14.6 Å². The Kier molecular flexibility index (Phi) is 5.62. The van der Waals surface area contributed by atoms with Crippen LogP contribution < -0.4 is 15.5 Å². The van der Waals surface area contributed by atoms with Crippen LogP contribution in [0.25, 0.3) is 11.0 Å². The number of pyridine rings is 1. The van der Waals surface area contributed by atoms with Crippen molar-refractivity contribution in [3.8, 4) is 0 Å². The Morgan fingerprint density at radius 3 is 3.00 bits per heavy atom. The molecule has 2 amide bonds. The van der Waals surface area contributed by atoms with Crippen molar-refractivity contribution in [2.45, 2.75) is 25.8 Å². The van der Waals surface area contributed by atoms with Crippen LogP contribution in [0.15, 0.2) is 16.9 Å². The molecule has 9 nitrogen and oxygen atoms in total. The predicted molar refractivity (Wildman–Crippen MR) is 101 cm³/mol. The fourth-order valence-corrected chi connectivity index (χ4v) is 3.65. The monoisotopic (exact) mass is 425 g/mol. The summed E-state index contributed by atoms with van der Waals surface area (Å²) in [6, 6.07) is -0.214. The maximum Gasteiger partial charge on any atom is 0.412 e. The zero-order chi connectivity index (χ0) is 18.7. The van der Waals surface area contributed by atoms with E-state index in [9.17, 15) is 14.7 Å². The largest absolute Gasteiger partial charge is 0.465 e. The Labute approximate surface area is 158 Å². The Balaban J connectivity index is 2.10. The summed E-state index contributed by atoms with van der Waals surface area (Å²) in [5.74, 6) is 0. The lowest BCUT2D eigenvalue weighted by Gasteiger charge is -2.33. The summed E-state index contributed by atoms with van der Waals surface area (Å²) >= 11 is 3.42. The number of rotatable bonds is 4. The van der Waals surface area contributed by atoms with Gasteiger partial charge in [0.05, 0.1) is 33.9 Å². The first-order valence-corrected chi connectivity index (χ1v) is 9.14. The molecule has 1 aliphatic heterocycles. The van der Waals surface area contributed by atoms with E-state index in [2.05, 4.69) is 36.5 Å². The minimum absolute atomic E-state index is 0.214. The van der Waals surface area contributed by atoms with Gasteiger partial charge in [0.15, 0.2) is 0 Å². The molecule has 3 heterocycles. The molecule has 10 heteroatoms. The highest BCUT2D eigenvalue weighted by molar-refractivity contribution is 9.10. The summed E-state index contributed by atoms with van der Waals surface area (Å²) in [5, 5.41) is 16.3. The van der Waals surface area contributed by atoms with Gasteiger partial charge in [-0.2, -0.15) is 0 Å². The number of halogens is 1. The zero-order valence-electron chi connectivity index (χ0n) is 14.2. The molecule has 2 aromatic rings. The fraction of sp³-hybridized carbons (Fsp3) is 0.438. The molecule has 3 rings (SSSR count). The average molecular weight is 426 g/mol. The van der Waals surface area contributed by atoms with Gasteiger partial charge in [0.2, 0.25) is 0 Å². The van der Waals surface area contributed by atoms with Crippen molar-refractivity contribution in [1.82, 2.24) is 15.3 Å². The van der Waals surface area contributed by atoms with Crippen LogP contribution >= 0.6 is 15.9 Å². The van der Waals surface area contributed by atoms with Crippen molar-refractivity contribution in [3.05, 3.63) is 16.9 Å². The highest BCUT2D eigenvalue weighted by Gasteiger charge is 2.31. The number of piperidine rings is 1. The van der Waals surface area contributed by atoms with Crippen molar-refractivity contribution in [3.63, 3.8) is 0 Å². The van der Waals surface area contributed by atoms with E-state index in [-0.39, 0.29) is 12.6 Å². The number of carbonyl (C=O) groups excluding carboxylic acids is 1. The molecule has 0 bridgehead atoms. The molecule has 1 atom stereocenters. The van der Waals surface area contributed by atoms with E-state index in [1.165, 1.54) is 4.90 Å². The van der Waals surface area contributed by atoms with Crippen LogP contribution in [0.4, 0.5) is 21.0 Å². The van der Waals surface area contributed by atoms with Crippen LogP contribution in [-0.4, -0.2) is 53.0 Å². The second kappa shape index (κ2) is 7.92. The van der Waals surface area contributed by atoms with Crippen molar-refractivity contribution in [2.75, 3.05) is 29.9 Å². The zero-order valence-corrected chi connectivity index (χ0v) is 15.8. The number of hydrogen-bond donors (Lipinski definition) is 4. The van der Waals surface area contributed by atoms with Crippen LogP contribution in [0, 0.1) is 0 Å². The Bertz CT molecular complexity index is 818. The molecular formula is C16H20BrN5O4. The number of amides is 2. The third-order valence-corrected chi connectivity index (χ3v) is 4.80. The summed E-state index contributed by atoms with van der Waals surface area (Å²) in [6.07, 6.45) is 3.09. The van der Waals surface area contributed by atoms with Crippen LogP contribution in [0.1, 0.15) is 19.8 Å². The van der Waals surface area contributed by atoms with Crippen LogP contribution in [0.3, 0.4) is 0 Å². The molecule has 0 saturated carbocycles. The fourth-order valence-electron chi connectivity index (χ4n) is 3.16. The van der Waals surface area contributed by atoms with Gasteiger partial charge in [0.1, 0.15) is 5.65 Å². The number of aromatic amines is 1. The number of anilines is 2. The quantitative estimate of drug-likeness (QED) is 0.597. The molecule has 26 heavy (non-hydrogen) atoms. The van der Waals surface area contributed by atoms with Crippen LogP contribution in [-0.2, 0) is 4.74 Å². The van der Waals surface area contributed by atoms with E-state index in [0.29, 0.717) is 33.4 Å². The standard InChI is InChI=1S/C16H20BrN5O4/c1-2-26-15(23)21-11-8-20-14-12(11)13(10(17)7-19-14)22(16(24)25)9-4-3-5-18-6-9/h7-9,18H,2-6H2,1H3,(H,19,20)(H,21,23)(H,24,25). The minimum Gasteiger partial charge on any atom is -0.465 e. The summed E-state index contributed by atoms with van der Waals surface area (Å²) < 4.78 is 5.45. The molecule has 1 aliphatic rings. The topological polar surface area (TPSA) is 120 Å². The second-order valence-electron chi connectivity index (χ2n) is 5.88. The highest BCUT2D eigenvalue weighted by Crippen LogP contribution is 2.39.